The Morgan fingerprint density at radius 2 is 1.56 bits per heavy atom. The van der Waals surface area contributed by atoms with Gasteiger partial charge in [-0.05, 0) is 5.41 Å². The molecule has 0 saturated carbocycles. The fraction of sp³-hybridized carbons (Fsp3) is 1.00. The molecule has 0 spiro atoms. The van der Waals surface area contributed by atoms with Crippen LogP contribution in [0.25, 0.3) is 0 Å². The monoisotopic (exact) mass is 174 g/mol. The molecule has 60 valence electrons. The summed E-state index contributed by atoms with van der Waals surface area (Å²) >= 11 is 0. The predicted octanol–water partition coefficient (Wildman–Crippen LogP) is 1.34. The lowest BCUT2D eigenvalue weighted by Gasteiger charge is -2.15. The summed E-state index contributed by atoms with van der Waals surface area (Å²) in [4.78, 5) is 0. The second kappa shape index (κ2) is 6.62. The van der Waals surface area contributed by atoms with Crippen LogP contribution in [-0.2, 0) is 0 Å². The number of hydrogen-bond acceptors (Lipinski definition) is 2. The quantitative estimate of drug-likeness (QED) is 0.466. The van der Waals surface area contributed by atoms with Crippen molar-refractivity contribution < 1.29 is 0 Å². The Morgan fingerprint density at radius 1 is 1.22 bits per heavy atom. The van der Waals surface area contributed by atoms with Gasteiger partial charge in [0.1, 0.15) is 0 Å². The van der Waals surface area contributed by atoms with Gasteiger partial charge in [0.15, 0.2) is 0 Å². The van der Waals surface area contributed by atoms with E-state index in [0.717, 1.165) is 6.54 Å². The third-order valence-corrected chi connectivity index (χ3v) is 0.632. The zero-order valence-electron chi connectivity index (χ0n) is 6.10. The molecule has 9 heavy (non-hydrogen) atoms. The summed E-state index contributed by atoms with van der Waals surface area (Å²) < 4.78 is 0. The molecule has 0 aromatic heterocycles. The highest BCUT2D eigenvalue weighted by molar-refractivity contribution is 5.85. The molecule has 0 fully saturated rings. The first kappa shape index (κ1) is 16.2. The van der Waals surface area contributed by atoms with Crippen molar-refractivity contribution in [1.82, 2.24) is 5.43 Å². The molecule has 0 atom stereocenters. The van der Waals surface area contributed by atoms with E-state index in [-0.39, 0.29) is 24.8 Å². The standard InChI is InChI=1S/C5H14N2.2ClH/c1-5(2,3)4-7-6;;/h7H,4,6H2,1-3H3;2*1H. The van der Waals surface area contributed by atoms with Crippen molar-refractivity contribution in [3.05, 3.63) is 0 Å². The number of halogens is 2. The van der Waals surface area contributed by atoms with Crippen molar-refractivity contribution in [3.63, 3.8) is 0 Å². The second-order valence-corrected chi connectivity index (χ2v) is 2.94. The van der Waals surface area contributed by atoms with Gasteiger partial charge in [-0.3, -0.25) is 11.3 Å². The molecule has 0 heterocycles. The summed E-state index contributed by atoms with van der Waals surface area (Å²) in [7, 11) is 0. The number of hydrazine groups is 1. The van der Waals surface area contributed by atoms with Gasteiger partial charge < -0.3 is 0 Å². The highest BCUT2D eigenvalue weighted by atomic mass is 35.5. The molecule has 0 saturated heterocycles. The lowest BCUT2D eigenvalue weighted by molar-refractivity contribution is 0.384. The van der Waals surface area contributed by atoms with Gasteiger partial charge in [-0.1, -0.05) is 20.8 Å². The van der Waals surface area contributed by atoms with Gasteiger partial charge in [0.05, 0.1) is 0 Å². The van der Waals surface area contributed by atoms with E-state index in [0.29, 0.717) is 5.41 Å². The van der Waals surface area contributed by atoms with E-state index in [4.69, 9.17) is 5.84 Å². The van der Waals surface area contributed by atoms with Crippen LogP contribution < -0.4 is 11.3 Å². The summed E-state index contributed by atoms with van der Waals surface area (Å²) in [5, 5.41) is 0. The smallest absolute Gasteiger partial charge is 0.0146 e. The molecule has 0 amide bonds. The molecule has 0 aromatic carbocycles. The Hall–Kier alpha value is 0.500. The molecular formula is C5H16Cl2N2. The van der Waals surface area contributed by atoms with Crippen LogP contribution in [0.15, 0.2) is 0 Å². The van der Waals surface area contributed by atoms with Gasteiger partial charge in [0.2, 0.25) is 0 Å². The fourth-order valence-electron chi connectivity index (χ4n) is 0.306. The zero-order valence-corrected chi connectivity index (χ0v) is 7.73. The Kier molecular flexibility index (Phi) is 11.9. The van der Waals surface area contributed by atoms with E-state index in [9.17, 15) is 0 Å². The van der Waals surface area contributed by atoms with Crippen molar-refractivity contribution in [2.75, 3.05) is 6.54 Å². The van der Waals surface area contributed by atoms with Crippen molar-refractivity contribution in [1.29, 1.82) is 0 Å². The molecule has 2 nitrogen and oxygen atoms in total. The SMILES string of the molecule is CC(C)(C)CNN.Cl.Cl. The number of nitrogens with two attached hydrogens (primary N) is 1. The lowest BCUT2D eigenvalue weighted by atomic mass is 9.98. The van der Waals surface area contributed by atoms with Crippen LogP contribution in [0.4, 0.5) is 0 Å². The van der Waals surface area contributed by atoms with Gasteiger partial charge in [0, 0.05) is 6.54 Å². The minimum absolute atomic E-state index is 0. The lowest BCUT2D eigenvalue weighted by Crippen LogP contribution is -2.31. The molecule has 0 aliphatic rings. The van der Waals surface area contributed by atoms with Crippen molar-refractivity contribution in [2.24, 2.45) is 11.3 Å². The number of nitrogens with one attached hydrogen (secondary N) is 1. The maximum Gasteiger partial charge on any atom is 0.0146 e. The van der Waals surface area contributed by atoms with Gasteiger partial charge >= 0.3 is 0 Å². The summed E-state index contributed by atoms with van der Waals surface area (Å²) in [6, 6.07) is 0. The topological polar surface area (TPSA) is 38.0 Å². The normalized spacial score (nSPS) is 9.33. The molecule has 0 rings (SSSR count). The van der Waals surface area contributed by atoms with Gasteiger partial charge in [-0.2, -0.15) is 0 Å². The van der Waals surface area contributed by atoms with Gasteiger partial charge in [-0.15, -0.1) is 24.8 Å². The molecule has 0 aromatic rings. The molecule has 3 N–H and O–H groups in total. The predicted molar refractivity (Wildman–Crippen MR) is 46.1 cm³/mol. The number of hydrogen-bond donors (Lipinski definition) is 2. The molecule has 0 bridgehead atoms. The van der Waals surface area contributed by atoms with E-state index >= 15 is 0 Å². The van der Waals surface area contributed by atoms with E-state index in [1.165, 1.54) is 0 Å². The summed E-state index contributed by atoms with van der Waals surface area (Å²) in [6.07, 6.45) is 0. The maximum absolute atomic E-state index is 5.06. The van der Waals surface area contributed by atoms with Gasteiger partial charge in [0.25, 0.3) is 0 Å². The third kappa shape index (κ3) is 17.7. The Labute approximate surface area is 69.4 Å². The second-order valence-electron chi connectivity index (χ2n) is 2.94. The first-order chi connectivity index (χ1) is 3.06. The average molecular weight is 175 g/mol. The summed E-state index contributed by atoms with van der Waals surface area (Å²) in [5.41, 5.74) is 2.92. The van der Waals surface area contributed by atoms with E-state index in [1.807, 2.05) is 0 Å². The summed E-state index contributed by atoms with van der Waals surface area (Å²) in [5.74, 6) is 5.06. The van der Waals surface area contributed by atoms with E-state index < -0.39 is 0 Å². The van der Waals surface area contributed by atoms with Crippen molar-refractivity contribution in [2.45, 2.75) is 20.8 Å². The van der Waals surface area contributed by atoms with Gasteiger partial charge in [-0.25, -0.2) is 0 Å². The third-order valence-electron chi connectivity index (χ3n) is 0.632. The van der Waals surface area contributed by atoms with Crippen LogP contribution in [0, 0.1) is 5.41 Å². The minimum atomic E-state index is 0. The average Bonchev–Trinajstić information content (AvgIpc) is 1.30. The first-order valence-electron chi connectivity index (χ1n) is 2.50. The van der Waals surface area contributed by atoms with Crippen LogP contribution in [0.5, 0.6) is 0 Å². The highest BCUT2D eigenvalue weighted by Gasteiger charge is 2.06. The van der Waals surface area contributed by atoms with Crippen LogP contribution in [-0.4, -0.2) is 6.54 Å². The van der Waals surface area contributed by atoms with E-state index in [1.54, 1.807) is 0 Å². The Bertz CT molecular complexity index is 51.4. The molecule has 0 unspecified atom stereocenters. The molecule has 0 aliphatic heterocycles. The Morgan fingerprint density at radius 3 is 1.56 bits per heavy atom. The van der Waals surface area contributed by atoms with Crippen LogP contribution in [0.1, 0.15) is 20.8 Å². The maximum atomic E-state index is 5.06. The fourth-order valence-corrected chi connectivity index (χ4v) is 0.306. The van der Waals surface area contributed by atoms with Crippen LogP contribution >= 0.6 is 24.8 Å². The Balaban J connectivity index is -0.000000180. The first-order valence-corrected chi connectivity index (χ1v) is 2.50. The largest absolute Gasteiger partial charge is 0.271 e. The summed E-state index contributed by atoms with van der Waals surface area (Å²) in [6.45, 7) is 7.26. The van der Waals surface area contributed by atoms with Crippen LogP contribution in [0.3, 0.4) is 0 Å². The van der Waals surface area contributed by atoms with Crippen molar-refractivity contribution in [3.8, 4) is 0 Å². The molecule has 0 aliphatic carbocycles. The van der Waals surface area contributed by atoms with Crippen LogP contribution in [0.2, 0.25) is 0 Å². The molecule has 4 heteroatoms. The number of rotatable bonds is 1. The highest BCUT2D eigenvalue weighted by Crippen LogP contribution is 2.08. The minimum Gasteiger partial charge on any atom is -0.271 e. The van der Waals surface area contributed by atoms with E-state index in [2.05, 4.69) is 26.2 Å². The molecule has 0 radical (unpaired) electrons. The molecular weight excluding hydrogens is 159 g/mol. The zero-order chi connectivity index (χ0) is 5.91. The van der Waals surface area contributed by atoms with Crippen molar-refractivity contribution >= 4 is 24.8 Å².